The molecule has 0 N–H and O–H groups in total. The van der Waals surface area contributed by atoms with Crippen LogP contribution in [-0.4, -0.2) is 42.9 Å². The summed E-state index contributed by atoms with van der Waals surface area (Å²) in [4.78, 5) is 24.7. The Bertz CT molecular complexity index is 1320. The van der Waals surface area contributed by atoms with Gasteiger partial charge in [0.25, 0.3) is 0 Å². The number of nitrogens with zero attached hydrogens (tertiary/aromatic N) is 2. The topological polar surface area (TPSA) is 88.9 Å². The van der Waals surface area contributed by atoms with Crippen LogP contribution in [0.15, 0.2) is 72.8 Å². The number of methoxy groups -OCH3 is 2. The molecule has 0 saturated carbocycles. The molecular weight excluding hydrogens is 460 g/mol. The number of esters is 1. The minimum absolute atomic E-state index is 0.0182. The van der Waals surface area contributed by atoms with Crippen molar-refractivity contribution in [1.29, 1.82) is 0 Å². The molecule has 4 rings (SSSR count). The fourth-order valence-electron chi connectivity index (χ4n) is 3.85. The Kier molecular flexibility index (Phi) is 7.65. The van der Waals surface area contributed by atoms with E-state index in [1.165, 1.54) is 14.2 Å². The summed E-state index contributed by atoms with van der Waals surface area (Å²) in [7, 11) is 2.92. The molecule has 8 nitrogen and oxygen atoms in total. The first-order valence-electron chi connectivity index (χ1n) is 11.3. The van der Waals surface area contributed by atoms with Crippen LogP contribution in [0.1, 0.15) is 33.3 Å². The smallest absolute Gasteiger partial charge is 0.342 e. The lowest BCUT2D eigenvalue weighted by Gasteiger charge is -2.14. The second-order valence-corrected chi connectivity index (χ2v) is 7.65. The van der Waals surface area contributed by atoms with Crippen LogP contribution in [0.4, 0.5) is 0 Å². The van der Waals surface area contributed by atoms with Crippen molar-refractivity contribution in [1.82, 2.24) is 9.78 Å². The molecule has 0 spiro atoms. The molecule has 0 fully saturated rings. The SMILES string of the molecule is CCOC(=O)c1c(-c2ccccc2)nn(-c2ccccc2)c1COc1cc(OC)c(C=O)c(OC)c1. The summed E-state index contributed by atoms with van der Waals surface area (Å²) >= 11 is 0. The molecule has 1 aromatic heterocycles. The first-order valence-corrected chi connectivity index (χ1v) is 11.3. The number of carbonyl (C=O) groups is 2. The van der Waals surface area contributed by atoms with E-state index in [1.54, 1.807) is 23.7 Å². The van der Waals surface area contributed by atoms with Crippen LogP contribution in [0.2, 0.25) is 0 Å². The van der Waals surface area contributed by atoms with Gasteiger partial charge < -0.3 is 18.9 Å². The van der Waals surface area contributed by atoms with Gasteiger partial charge in [0, 0.05) is 17.7 Å². The third-order valence-corrected chi connectivity index (χ3v) is 5.52. The van der Waals surface area contributed by atoms with Crippen molar-refractivity contribution < 1.29 is 28.5 Å². The molecule has 0 atom stereocenters. The van der Waals surface area contributed by atoms with Gasteiger partial charge in [-0.05, 0) is 19.1 Å². The van der Waals surface area contributed by atoms with E-state index in [0.29, 0.717) is 40.5 Å². The number of para-hydroxylation sites is 1. The Morgan fingerprint density at radius 1 is 0.944 bits per heavy atom. The lowest BCUT2D eigenvalue weighted by Crippen LogP contribution is -2.12. The number of rotatable bonds is 10. The fourth-order valence-corrected chi connectivity index (χ4v) is 3.85. The minimum Gasteiger partial charge on any atom is -0.496 e. The van der Waals surface area contributed by atoms with Gasteiger partial charge in [0.2, 0.25) is 0 Å². The Balaban J connectivity index is 1.85. The van der Waals surface area contributed by atoms with Gasteiger partial charge in [-0.1, -0.05) is 48.5 Å². The van der Waals surface area contributed by atoms with Gasteiger partial charge >= 0.3 is 5.97 Å². The van der Waals surface area contributed by atoms with E-state index in [1.807, 2.05) is 60.7 Å². The molecule has 3 aromatic carbocycles. The summed E-state index contributed by atoms with van der Waals surface area (Å²) in [5, 5.41) is 4.80. The predicted octanol–water partition coefficient (Wildman–Crippen LogP) is 5.12. The van der Waals surface area contributed by atoms with Gasteiger partial charge in [0.15, 0.2) is 6.29 Å². The van der Waals surface area contributed by atoms with Gasteiger partial charge in [0.1, 0.15) is 35.1 Å². The zero-order chi connectivity index (χ0) is 25.5. The monoisotopic (exact) mass is 486 g/mol. The second-order valence-electron chi connectivity index (χ2n) is 7.65. The van der Waals surface area contributed by atoms with Gasteiger partial charge in [-0.25, -0.2) is 9.48 Å². The largest absolute Gasteiger partial charge is 0.496 e. The van der Waals surface area contributed by atoms with Crippen LogP contribution >= 0.6 is 0 Å². The highest BCUT2D eigenvalue weighted by Crippen LogP contribution is 2.34. The molecule has 36 heavy (non-hydrogen) atoms. The van der Waals surface area contributed by atoms with Crippen LogP contribution in [0.3, 0.4) is 0 Å². The van der Waals surface area contributed by atoms with Crippen LogP contribution in [0, 0.1) is 0 Å². The highest BCUT2D eigenvalue weighted by molar-refractivity contribution is 5.97. The van der Waals surface area contributed by atoms with E-state index >= 15 is 0 Å². The van der Waals surface area contributed by atoms with Crippen LogP contribution in [0.25, 0.3) is 16.9 Å². The molecular formula is C28H26N2O6. The zero-order valence-electron chi connectivity index (χ0n) is 20.3. The average Bonchev–Trinajstić information content (AvgIpc) is 3.32. The Labute approximate surface area is 209 Å². The minimum atomic E-state index is -0.497. The van der Waals surface area contributed by atoms with E-state index in [4.69, 9.17) is 24.0 Å². The van der Waals surface area contributed by atoms with Crippen LogP contribution < -0.4 is 14.2 Å². The third-order valence-electron chi connectivity index (χ3n) is 5.52. The van der Waals surface area contributed by atoms with Gasteiger partial charge in [-0.3, -0.25) is 4.79 Å². The molecule has 8 heteroatoms. The van der Waals surface area contributed by atoms with Crippen LogP contribution in [0.5, 0.6) is 17.2 Å². The zero-order valence-corrected chi connectivity index (χ0v) is 20.3. The Morgan fingerprint density at radius 2 is 1.56 bits per heavy atom. The Hall–Kier alpha value is -4.59. The van der Waals surface area contributed by atoms with Crippen molar-refractivity contribution >= 4 is 12.3 Å². The highest BCUT2D eigenvalue weighted by atomic mass is 16.5. The van der Waals surface area contributed by atoms with E-state index in [2.05, 4.69) is 0 Å². The van der Waals surface area contributed by atoms with Gasteiger partial charge in [-0.2, -0.15) is 5.10 Å². The molecule has 0 aliphatic carbocycles. The number of ether oxygens (including phenoxy) is 4. The first-order chi connectivity index (χ1) is 17.6. The number of carbonyl (C=O) groups excluding carboxylic acids is 2. The number of hydrogen-bond acceptors (Lipinski definition) is 7. The first kappa shape index (κ1) is 24.5. The number of aromatic nitrogens is 2. The van der Waals surface area contributed by atoms with E-state index in [0.717, 1.165) is 11.3 Å². The number of benzene rings is 3. The maximum atomic E-state index is 13.2. The second kappa shape index (κ2) is 11.2. The normalized spacial score (nSPS) is 10.5. The molecule has 4 aromatic rings. The van der Waals surface area contributed by atoms with Crippen molar-refractivity contribution in [2.45, 2.75) is 13.5 Å². The number of aldehydes is 1. The van der Waals surface area contributed by atoms with E-state index in [-0.39, 0.29) is 18.8 Å². The van der Waals surface area contributed by atoms with Gasteiger partial charge in [0.05, 0.1) is 37.8 Å². The van der Waals surface area contributed by atoms with Crippen molar-refractivity contribution in [3.63, 3.8) is 0 Å². The molecule has 0 aliphatic heterocycles. The van der Waals surface area contributed by atoms with Crippen molar-refractivity contribution in [3.05, 3.63) is 89.6 Å². The molecule has 0 amide bonds. The lowest BCUT2D eigenvalue weighted by molar-refractivity contribution is 0.0524. The van der Waals surface area contributed by atoms with Crippen molar-refractivity contribution in [3.8, 4) is 34.2 Å². The van der Waals surface area contributed by atoms with Crippen LogP contribution in [-0.2, 0) is 11.3 Å². The molecule has 184 valence electrons. The van der Waals surface area contributed by atoms with Gasteiger partial charge in [-0.15, -0.1) is 0 Å². The molecule has 0 saturated heterocycles. The van der Waals surface area contributed by atoms with Crippen molar-refractivity contribution in [2.24, 2.45) is 0 Å². The maximum absolute atomic E-state index is 13.2. The quantitative estimate of drug-likeness (QED) is 0.227. The van der Waals surface area contributed by atoms with E-state index in [9.17, 15) is 9.59 Å². The lowest BCUT2D eigenvalue weighted by atomic mass is 10.1. The summed E-state index contributed by atoms with van der Waals surface area (Å²) in [6, 6.07) is 22.1. The Morgan fingerprint density at radius 3 is 2.11 bits per heavy atom. The maximum Gasteiger partial charge on any atom is 0.342 e. The highest BCUT2D eigenvalue weighted by Gasteiger charge is 2.27. The summed E-state index contributed by atoms with van der Waals surface area (Å²) < 4.78 is 23.9. The standard InChI is InChI=1S/C28H26N2O6/c1-4-35-28(32)26-23(18-36-21-15-24(33-2)22(17-31)25(16-21)34-3)30(20-13-9-6-10-14-20)29-27(26)19-11-7-5-8-12-19/h5-17H,4,18H2,1-3H3. The third kappa shape index (κ3) is 4.93. The summed E-state index contributed by atoms with van der Waals surface area (Å²) in [5.41, 5.74) is 3.12. The number of hydrogen-bond donors (Lipinski definition) is 0. The van der Waals surface area contributed by atoms with E-state index < -0.39 is 5.97 Å². The molecule has 0 bridgehead atoms. The van der Waals surface area contributed by atoms with Crippen molar-refractivity contribution in [2.75, 3.05) is 20.8 Å². The molecule has 0 radical (unpaired) electrons. The molecule has 1 heterocycles. The average molecular weight is 487 g/mol. The fraction of sp³-hybridized carbons (Fsp3) is 0.179. The summed E-state index contributed by atoms with van der Waals surface area (Å²) in [6.45, 7) is 1.95. The molecule has 0 aliphatic rings. The summed E-state index contributed by atoms with van der Waals surface area (Å²) in [6.07, 6.45) is 0.664. The molecule has 0 unspecified atom stereocenters. The predicted molar refractivity (Wildman–Crippen MR) is 134 cm³/mol. The summed E-state index contributed by atoms with van der Waals surface area (Å²) in [5.74, 6) is 0.521.